The molecule has 1 N–H and O–H groups in total. The minimum Gasteiger partial charge on any atom is -0.320 e. The molecule has 1 aliphatic rings. The molecule has 2 aromatic rings. The Kier molecular flexibility index (Phi) is 4.56. The van der Waals surface area contributed by atoms with Gasteiger partial charge in [-0.15, -0.1) is 0 Å². The van der Waals surface area contributed by atoms with Gasteiger partial charge in [-0.1, -0.05) is 6.07 Å². The molecule has 2 aromatic heterocycles. The Morgan fingerprint density at radius 2 is 2.10 bits per heavy atom. The fourth-order valence-corrected chi connectivity index (χ4v) is 3.35. The molecule has 3 heterocycles. The quantitative estimate of drug-likeness (QED) is 0.916. The summed E-state index contributed by atoms with van der Waals surface area (Å²) < 4.78 is 2.24. The molecule has 4 nitrogen and oxygen atoms in total. The Balaban J connectivity index is 1.63. The first kappa shape index (κ1) is 14.5. The van der Waals surface area contributed by atoms with Gasteiger partial charge in [-0.2, -0.15) is 0 Å². The molecule has 114 valence electrons. The van der Waals surface area contributed by atoms with E-state index in [1.807, 2.05) is 7.05 Å². The summed E-state index contributed by atoms with van der Waals surface area (Å²) in [7, 11) is 2.04. The van der Waals surface area contributed by atoms with Crippen molar-refractivity contribution in [2.45, 2.75) is 32.7 Å². The fourth-order valence-electron chi connectivity index (χ4n) is 3.35. The number of aryl methyl sites for hydroxylation is 1. The standard InChI is InChI=1S/C17H26N4/c1-14-16(21-10-4-3-5-17(21)19-14)13-20-11-7-15(8-12-20)6-9-18-2/h3-5,10,15,18H,6-9,11-13H2,1-2H3. The van der Waals surface area contributed by atoms with Crippen molar-refractivity contribution in [2.24, 2.45) is 5.92 Å². The normalized spacial score (nSPS) is 17.6. The van der Waals surface area contributed by atoms with E-state index < -0.39 is 0 Å². The number of aromatic nitrogens is 2. The lowest BCUT2D eigenvalue weighted by Gasteiger charge is -2.32. The highest BCUT2D eigenvalue weighted by molar-refractivity contribution is 5.42. The van der Waals surface area contributed by atoms with Gasteiger partial charge in [0.15, 0.2) is 0 Å². The Morgan fingerprint density at radius 3 is 2.86 bits per heavy atom. The molecule has 0 saturated carbocycles. The number of nitrogens with one attached hydrogen (secondary N) is 1. The van der Waals surface area contributed by atoms with Gasteiger partial charge in [0.25, 0.3) is 0 Å². The van der Waals surface area contributed by atoms with Crippen molar-refractivity contribution in [3.63, 3.8) is 0 Å². The average molecular weight is 286 g/mol. The third kappa shape index (κ3) is 3.27. The molecule has 0 bridgehead atoms. The lowest BCUT2D eigenvalue weighted by Crippen LogP contribution is -2.34. The molecule has 3 rings (SSSR count). The van der Waals surface area contributed by atoms with Gasteiger partial charge in [0, 0.05) is 12.7 Å². The van der Waals surface area contributed by atoms with Crippen LogP contribution in [-0.2, 0) is 6.54 Å². The summed E-state index contributed by atoms with van der Waals surface area (Å²) in [6.45, 7) is 6.73. The summed E-state index contributed by atoms with van der Waals surface area (Å²) in [5.41, 5.74) is 3.58. The molecule has 21 heavy (non-hydrogen) atoms. The van der Waals surface area contributed by atoms with E-state index in [0.29, 0.717) is 0 Å². The van der Waals surface area contributed by atoms with Crippen molar-refractivity contribution in [1.82, 2.24) is 19.6 Å². The third-order valence-electron chi connectivity index (χ3n) is 4.71. The number of nitrogens with zero attached hydrogens (tertiary/aromatic N) is 3. The van der Waals surface area contributed by atoms with Gasteiger partial charge in [0.05, 0.1) is 11.4 Å². The van der Waals surface area contributed by atoms with Crippen LogP contribution >= 0.6 is 0 Å². The topological polar surface area (TPSA) is 32.6 Å². The maximum atomic E-state index is 4.66. The number of likely N-dealkylation sites (tertiary alicyclic amines) is 1. The van der Waals surface area contributed by atoms with E-state index in [0.717, 1.165) is 24.7 Å². The van der Waals surface area contributed by atoms with Gasteiger partial charge in [-0.3, -0.25) is 4.90 Å². The summed E-state index contributed by atoms with van der Waals surface area (Å²) >= 11 is 0. The molecule has 0 amide bonds. The Hall–Kier alpha value is -1.39. The first-order valence-corrected chi connectivity index (χ1v) is 8.07. The van der Waals surface area contributed by atoms with Crippen LogP contribution in [0, 0.1) is 12.8 Å². The molecule has 0 atom stereocenters. The van der Waals surface area contributed by atoms with Crippen LogP contribution in [0.4, 0.5) is 0 Å². The molecule has 4 heteroatoms. The van der Waals surface area contributed by atoms with Crippen LogP contribution in [0.15, 0.2) is 24.4 Å². The van der Waals surface area contributed by atoms with Gasteiger partial charge >= 0.3 is 0 Å². The number of piperidine rings is 1. The monoisotopic (exact) mass is 286 g/mol. The van der Waals surface area contributed by atoms with Crippen molar-refractivity contribution in [2.75, 3.05) is 26.7 Å². The second-order valence-electron chi connectivity index (χ2n) is 6.18. The van der Waals surface area contributed by atoms with E-state index >= 15 is 0 Å². The summed E-state index contributed by atoms with van der Waals surface area (Å²) in [4.78, 5) is 7.24. The van der Waals surface area contributed by atoms with Crippen molar-refractivity contribution in [3.05, 3.63) is 35.8 Å². The van der Waals surface area contributed by atoms with E-state index in [9.17, 15) is 0 Å². The van der Waals surface area contributed by atoms with E-state index in [2.05, 4.69) is 50.9 Å². The summed E-state index contributed by atoms with van der Waals surface area (Å²) in [5.74, 6) is 0.900. The highest BCUT2D eigenvalue weighted by Crippen LogP contribution is 2.22. The zero-order valence-corrected chi connectivity index (χ0v) is 13.2. The minimum atomic E-state index is 0.900. The predicted octanol–water partition coefficient (Wildman–Crippen LogP) is 2.46. The van der Waals surface area contributed by atoms with Gasteiger partial charge in [-0.25, -0.2) is 4.98 Å². The van der Waals surface area contributed by atoms with Crippen LogP contribution in [0.5, 0.6) is 0 Å². The Morgan fingerprint density at radius 1 is 1.29 bits per heavy atom. The fraction of sp³-hybridized carbons (Fsp3) is 0.588. The lowest BCUT2D eigenvalue weighted by molar-refractivity contribution is 0.170. The average Bonchev–Trinajstić information content (AvgIpc) is 2.83. The van der Waals surface area contributed by atoms with Crippen molar-refractivity contribution >= 4 is 5.65 Å². The van der Waals surface area contributed by atoms with Crippen LogP contribution in [-0.4, -0.2) is 41.0 Å². The lowest BCUT2D eigenvalue weighted by atomic mass is 9.93. The Labute approximate surface area is 127 Å². The van der Waals surface area contributed by atoms with E-state index in [-0.39, 0.29) is 0 Å². The van der Waals surface area contributed by atoms with E-state index in [1.54, 1.807) is 0 Å². The number of rotatable bonds is 5. The highest BCUT2D eigenvalue weighted by Gasteiger charge is 2.20. The number of fused-ring (bicyclic) bond motifs is 1. The predicted molar refractivity (Wildman–Crippen MR) is 86.5 cm³/mol. The maximum absolute atomic E-state index is 4.66. The van der Waals surface area contributed by atoms with Crippen LogP contribution in [0.3, 0.4) is 0 Å². The van der Waals surface area contributed by atoms with Crippen molar-refractivity contribution in [1.29, 1.82) is 0 Å². The molecular weight excluding hydrogens is 260 g/mol. The molecule has 0 aromatic carbocycles. The van der Waals surface area contributed by atoms with Crippen molar-refractivity contribution < 1.29 is 0 Å². The number of imidazole rings is 1. The second-order valence-corrected chi connectivity index (χ2v) is 6.18. The first-order chi connectivity index (χ1) is 10.3. The molecule has 1 fully saturated rings. The summed E-state index contributed by atoms with van der Waals surface area (Å²) in [6.07, 6.45) is 6.11. The van der Waals surface area contributed by atoms with Crippen LogP contribution < -0.4 is 5.32 Å². The molecular formula is C17H26N4. The molecule has 1 aliphatic heterocycles. The number of pyridine rings is 1. The third-order valence-corrected chi connectivity index (χ3v) is 4.71. The van der Waals surface area contributed by atoms with Gasteiger partial charge < -0.3 is 9.72 Å². The zero-order chi connectivity index (χ0) is 14.7. The zero-order valence-electron chi connectivity index (χ0n) is 13.2. The van der Waals surface area contributed by atoms with Crippen LogP contribution in [0.2, 0.25) is 0 Å². The molecule has 0 spiro atoms. The molecule has 1 saturated heterocycles. The summed E-state index contributed by atoms with van der Waals surface area (Å²) in [6, 6.07) is 6.22. The maximum Gasteiger partial charge on any atom is 0.137 e. The van der Waals surface area contributed by atoms with E-state index in [1.165, 1.54) is 43.7 Å². The number of hydrogen-bond donors (Lipinski definition) is 1. The van der Waals surface area contributed by atoms with E-state index in [4.69, 9.17) is 0 Å². The number of hydrogen-bond acceptors (Lipinski definition) is 3. The highest BCUT2D eigenvalue weighted by atomic mass is 15.2. The minimum absolute atomic E-state index is 0.900. The smallest absolute Gasteiger partial charge is 0.137 e. The largest absolute Gasteiger partial charge is 0.320 e. The molecule has 0 unspecified atom stereocenters. The second kappa shape index (κ2) is 6.58. The Bertz CT molecular complexity index is 581. The SMILES string of the molecule is CNCCC1CCN(Cc2c(C)nc3ccccn23)CC1. The van der Waals surface area contributed by atoms with Crippen molar-refractivity contribution in [3.8, 4) is 0 Å². The summed E-state index contributed by atoms with van der Waals surface area (Å²) in [5, 5.41) is 3.26. The van der Waals surface area contributed by atoms with Gasteiger partial charge in [0.2, 0.25) is 0 Å². The van der Waals surface area contributed by atoms with Gasteiger partial charge in [-0.05, 0) is 70.9 Å². The van der Waals surface area contributed by atoms with Crippen LogP contribution in [0.25, 0.3) is 5.65 Å². The van der Waals surface area contributed by atoms with Crippen LogP contribution in [0.1, 0.15) is 30.7 Å². The molecule has 0 radical (unpaired) electrons. The molecule has 0 aliphatic carbocycles. The first-order valence-electron chi connectivity index (χ1n) is 8.07. The van der Waals surface area contributed by atoms with Gasteiger partial charge in [0.1, 0.15) is 5.65 Å².